The Hall–Kier alpha value is -1.83. The van der Waals surface area contributed by atoms with Gasteiger partial charge in [-0.15, -0.1) is 0 Å². The van der Waals surface area contributed by atoms with Crippen LogP contribution in [0.1, 0.15) is 24.2 Å². The molecule has 0 saturated carbocycles. The molecule has 4 heteroatoms. The summed E-state index contributed by atoms with van der Waals surface area (Å²) in [6, 6.07) is 13.0. The average molecular weight is 256 g/mol. The highest BCUT2D eigenvalue weighted by atomic mass is 32.2. The molecule has 3 nitrogen and oxygen atoms in total. The second-order valence-electron chi connectivity index (χ2n) is 3.81. The van der Waals surface area contributed by atoms with Gasteiger partial charge < -0.3 is 5.11 Å². The maximum atomic E-state index is 9.73. The van der Waals surface area contributed by atoms with Gasteiger partial charge in [-0.2, -0.15) is 5.26 Å². The molecule has 1 atom stereocenters. The number of aliphatic hydroxyl groups is 1. The highest BCUT2D eigenvalue weighted by Crippen LogP contribution is 2.32. The Bertz CT molecular complexity index is 576. The molecular formula is C14H12N2OS. The second-order valence-corrected chi connectivity index (χ2v) is 4.87. The standard InChI is InChI=1S/C14H12N2OS/c1-10(17)12-6-5-11(9-15)8-13(12)18-14-4-2-3-7-16-14/h2-8,10,17H,1H3/t10-/m0/s1. The fourth-order valence-corrected chi connectivity index (χ4v) is 2.59. The van der Waals surface area contributed by atoms with E-state index in [-0.39, 0.29) is 0 Å². The van der Waals surface area contributed by atoms with E-state index in [4.69, 9.17) is 5.26 Å². The molecule has 0 amide bonds. The summed E-state index contributed by atoms with van der Waals surface area (Å²) in [5.41, 5.74) is 1.39. The Kier molecular flexibility index (Phi) is 3.98. The van der Waals surface area contributed by atoms with Crippen LogP contribution in [0.2, 0.25) is 0 Å². The maximum absolute atomic E-state index is 9.73. The Balaban J connectivity index is 2.39. The summed E-state index contributed by atoms with van der Waals surface area (Å²) in [5, 5.41) is 19.5. The van der Waals surface area contributed by atoms with Crippen LogP contribution in [0.25, 0.3) is 0 Å². The largest absolute Gasteiger partial charge is 0.389 e. The Morgan fingerprint density at radius 1 is 1.33 bits per heavy atom. The van der Waals surface area contributed by atoms with Gasteiger partial charge in [-0.05, 0) is 36.8 Å². The van der Waals surface area contributed by atoms with Gasteiger partial charge in [0.1, 0.15) is 5.03 Å². The minimum Gasteiger partial charge on any atom is -0.389 e. The summed E-state index contributed by atoms with van der Waals surface area (Å²) >= 11 is 1.45. The molecule has 2 aromatic rings. The van der Waals surface area contributed by atoms with Crippen LogP contribution in [0.3, 0.4) is 0 Å². The van der Waals surface area contributed by atoms with Gasteiger partial charge in [0.05, 0.1) is 17.7 Å². The van der Waals surface area contributed by atoms with E-state index in [0.29, 0.717) is 5.56 Å². The zero-order valence-corrected chi connectivity index (χ0v) is 10.7. The van der Waals surface area contributed by atoms with Gasteiger partial charge in [0.2, 0.25) is 0 Å². The normalized spacial score (nSPS) is 11.8. The van der Waals surface area contributed by atoms with Crippen LogP contribution in [0.4, 0.5) is 0 Å². The van der Waals surface area contributed by atoms with Crippen LogP contribution in [-0.2, 0) is 0 Å². The minimum absolute atomic E-state index is 0.566. The van der Waals surface area contributed by atoms with E-state index in [1.807, 2.05) is 18.2 Å². The van der Waals surface area contributed by atoms with Crippen LogP contribution in [-0.4, -0.2) is 10.1 Å². The first kappa shape index (κ1) is 12.6. The van der Waals surface area contributed by atoms with Crippen molar-refractivity contribution in [3.05, 3.63) is 53.7 Å². The second kappa shape index (κ2) is 5.67. The van der Waals surface area contributed by atoms with Gasteiger partial charge in [-0.1, -0.05) is 23.9 Å². The van der Waals surface area contributed by atoms with E-state index in [1.54, 1.807) is 31.3 Å². The molecule has 1 aromatic heterocycles. The number of hydrogen-bond acceptors (Lipinski definition) is 4. The first-order valence-corrected chi connectivity index (χ1v) is 6.33. The van der Waals surface area contributed by atoms with Gasteiger partial charge in [0, 0.05) is 11.1 Å². The molecule has 18 heavy (non-hydrogen) atoms. The number of benzene rings is 1. The highest BCUT2D eigenvalue weighted by molar-refractivity contribution is 7.99. The molecule has 0 aliphatic rings. The molecule has 1 N–H and O–H groups in total. The van der Waals surface area contributed by atoms with Crippen molar-refractivity contribution < 1.29 is 5.11 Å². The van der Waals surface area contributed by atoms with E-state index < -0.39 is 6.10 Å². The zero-order valence-electron chi connectivity index (χ0n) is 9.87. The van der Waals surface area contributed by atoms with Crippen LogP contribution >= 0.6 is 11.8 Å². The Morgan fingerprint density at radius 2 is 2.17 bits per heavy atom. The Morgan fingerprint density at radius 3 is 2.78 bits per heavy atom. The molecule has 1 aromatic carbocycles. The topological polar surface area (TPSA) is 56.9 Å². The first-order chi connectivity index (χ1) is 8.70. The van der Waals surface area contributed by atoms with Crippen molar-refractivity contribution in [3.8, 4) is 6.07 Å². The van der Waals surface area contributed by atoms with Crippen molar-refractivity contribution >= 4 is 11.8 Å². The third-order valence-electron chi connectivity index (χ3n) is 2.45. The number of aliphatic hydroxyl groups excluding tert-OH is 1. The fourth-order valence-electron chi connectivity index (χ4n) is 1.56. The molecular weight excluding hydrogens is 244 g/mol. The molecule has 0 saturated heterocycles. The maximum Gasteiger partial charge on any atom is 0.101 e. The highest BCUT2D eigenvalue weighted by Gasteiger charge is 2.10. The molecule has 0 spiro atoms. The van der Waals surface area contributed by atoms with Crippen LogP contribution in [0.5, 0.6) is 0 Å². The van der Waals surface area contributed by atoms with Crippen LogP contribution in [0.15, 0.2) is 52.5 Å². The smallest absolute Gasteiger partial charge is 0.101 e. The molecule has 0 aliphatic heterocycles. The zero-order chi connectivity index (χ0) is 13.0. The monoisotopic (exact) mass is 256 g/mol. The number of pyridine rings is 1. The van der Waals surface area contributed by atoms with Crippen molar-refractivity contribution in [2.24, 2.45) is 0 Å². The third kappa shape index (κ3) is 2.89. The number of hydrogen-bond donors (Lipinski definition) is 1. The quantitative estimate of drug-likeness (QED) is 0.916. The van der Waals surface area contributed by atoms with Gasteiger partial charge in [0.15, 0.2) is 0 Å². The van der Waals surface area contributed by atoms with Gasteiger partial charge >= 0.3 is 0 Å². The van der Waals surface area contributed by atoms with E-state index in [1.165, 1.54) is 11.8 Å². The fraction of sp³-hybridized carbons (Fsp3) is 0.143. The van der Waals surface area contributed by atoms with Crippen molar-refractivity contribution in [3.63, 3.8) is 0 Å². The molecule has 90 valence electrons. The lowest BCUT2D eigenvalue weighted by Gasteiger charge is -2.11. The molecule has 0 aliphatic carbocycles. The van der Waals surface area contributed by atoms with E-state index in [9.17, 15) is 5.11 Å². The molecule has 2 rings (SSSR count). The molecule has 0 unspecified atom stereocenters. The number of aromatic nitrogens is 1. The lowest BCUT2D eigenvalue weighted by atomic mass is 10.1. The number of rotatable bonds is 3. The summed E-state index contributed by atoms with van der Waals surface area (Å²) in [7, 11) is 0. The predicted molar refractivity (Wildman–Crippen MR) is 70.2 cm³/mol. The van der Waals surface area contributed by atoms with Crippen LogP contribution in [0, 0.1) is 11.3 Å². The van der Waals surface area contributed by atoms with Gasteiger partial charge in [-0.3, -0.25) is 0 Å². The molecule has 0 bridgehead atoms. The summed E-state index contributed by atoms with van der Waals surface area (Å²) in [6.45, 7) is 1.71. The number of nitrogens with zero attached hydrogens (tertiary/aromatic N) is 2. The summed E-state index contributed by atoms with van der Waals surface area (Å²) in [6.07, 6.45) is 1.15. The Labute approximate surface area is 110 Å². The minimum atomic E-state index is -0.566. The average Bonchev–Trinajstić information content (AvgIpc) is 2.39. The van der Waals surface area contributed by atoms with Crippen molar-refractivity contribution in [2.75, 3.05) is 0 Å². The van der Waals surface area contributed by atoms with E-state index >= 15 is 0 Å². The summed E-state index contributed by atoms with van der Waals surface area (Å²) < 4.78 is 0. The summed E-state index contributed by atoms with van der Waals surface area (Å²) in [5.74, 6) is 0. The molecule has 0 fully saturated rings. The van der Waals surface area contributed by atoms with Gasteiger partial charge in [0.25, 0.3) is 0 Å². The van der Waals surface area contributed by atoms with Crippen molar-refractivity contribution in [1.82, 2.24) is 4.98 Å². The van der Waals surface area contributed by atoms with E-state index in [2.05, 4.69) is 11.1 Å². The summed E-state index contributed by atoms with van der Waals surface area (Å²) in [4.78, 5) is 5.09. The first-order valence-electron chi connectivity index (χ1n) is 5.51. The predicted octanol–water partition coefficient (Wildman–Crippen LogP) is 3.16. The molecule has 1 heterocycles. The lowest BCUT2D eigenvalue weighted by molar-refractivity contribution is 0.196. The third-order valence-corrected chi connectivity index (χ3v) is 3.47. The molecule has 0 radical (unpaired) electrons. The number of nitriles is 1. The van der Waals surface area contributed by atoms with Crippen molar-refractivity contribution in [1.29, 1.82) is 5.26 Å². The van der Waals surface area contributed by atoms with Crippen molar-refractivity contribution in [2.45, 2.75) is 22.9 Å². The van der Waals surface area contributed by atoms with E-state index in [0.717, 1.165) is 15.5 Å². The van der Waals surface area contributed by atoms with Gasteiger partial charge in [-0.25, -0.2) is 4.98 Å². The lowest BCUT2D eigenvalue weighted by Crippen LogP contribution is -1.95. The van der Waals surface area contributed by atoms with Crippen LogP contribution < -0.4 is 0 Å². The SMILES string of the molecule is C[C@H](O)c1ccc(C#N)cc1Sc1ccccn1.